The SMILES string of the molecule is CCOCc1nc(N)cc(Nc2ccc(C)c(F)c2)n1. The Bertz CT molecular complexity index is 604. The molecule has 0 radical (unpaired) electrons. The van der Waals surface area contributed by atoms with Crippen LogP contribution < -0.4 is 11.1 Å². The van der Waals surface area contributed by atoms with Gasteiger partial charge in [-0.05, 0) is 31.5 Å². The largest absolute Gasteiger partial charge is 0.384 e. The molecule has 1 heterocycles. The van der Waals surface area contributed by atoms with Crippen molar-refractivity contribution < 1.29 is 9.13 Å². The summed E-state index contributed by atoms with van der Waals surface area (Å²) >= 11 is 0. The van der Waals surface area contributed by atoms with Gasteiger partial charge < -0.3 is 15.8 Å². The second-order valence-corrected chi connectivity index (χ2v) is 4.32. The highest BCUT2D eigenvalue weighted by molar-refractivity contribution is 5.58. The molecule has 20 heavy (non-hydrogen) atoms. The lowest BCUT2D eigenvalue weighted by Gasteiger charge is -2.09. The zero-order valence-electron chi connectivity index (χ0n) is 11.5. The standard InChI is InChI=1S/C14H17FN4O/c1-3-20-8-14-18-12(16)7-13(19-14)17-10-5-4-9(2)11(15)6-10/h4-7H,3,8H2,1-2H3,(H3,16,17,18,19). The minimum atomic E-state index is -0.272. The Balaban J connectivity index is 2.19. The zero-order valence-corrected chi connectivity index (χ0v) is 11.5. The van der Waals surface area contributed by atoms with Gasteiger partial charge in [0.15, 0.2) is 5.82 Å². The van der Waals surface area contributed by atoms with Crippen molar-refractivity contribution in [3.63, 3.8) is 0 Å². The molecule has 106 valence electrons. The van der Waals surface area contributed by atoms with Crippen LogP contribution in [0.25, 0.3) is 0 Å². The third-order valence-corrected chi connectivity index (χ3v) is 2.67. The van der Waals surface area contributed by atoms with E-state index in [1.165, 1.54) is 6.07 Å². The van der Waals surface area contributed by atoms with Crippen LogP contribution in [0.1, 0.15) is 18.3 Å². The Morgan fingerprint density at radius 1 is 1.30 bits per heavy atom. The van der Waals surface area contributed by atoms with E-state index in [1.54, 1.807) is 25.1 Å². The second-order valence-electron chi connectivity index (χ2n) is 4.32. The van der Waals surface area contributed by atoms with Gasteiger partial charge in [0.25, 0.3) is 0 Å². The molecule has 0 fully saturated rings. The lowest BCUT2D eigenvalue weighted by atomic mass is 10.2. The monoisotopic (exact) mass is 276 g/mol. The Kier molecular flexibility index (Phi) is 4.47. The molecule has 6 heteroatoms. The molecular weight excluding hydrogens is 259 g/mol. The average molecular weight is 276 g/mol. The first kappa shape index (κ1) is 14.2. The molecule has 0 aliphatic carbocycles. The normalized spacial score (nSPS) is 10.6. The number of rotatable bonds is 5. The number of benzene rings is 1. The maximum Gasteiger partial charge on any atom is 0.158 e. The first-order valence-electron chi connectivity index (χ1n) is 6.33. The molecule has 0 amide bonds. The summed E-state index contributed by atoms with van der Waals surface area (Å²) in [6, 6.07) is 6.48. The van der Waals surface area contributed by atoms with Gasteiger partial charge in [-0.3, -0.25) is 0 Å². The highest BCUT2D eigenvalue weighted by Crippen LogP contribution is 2.19. The van der Waals surface area contributed by atoms with Gasteiger partial charge in [0.2, 0.25) is 0 Å². The fourth-order valence-electron chi connectivity index (χ4n) is 1.66. The van der Waals surface area contributed by atoms with Gasteiger partial charge in [-0.1, -0.05) is 6.07 Å². The number of nitrogens with zero attached hydrogens (tertiary/aromatic N) is 2. The minimum absolute atomic E-state index is 0.272. The van der Waals surface area contributed by atoms with E-state index in [-0.39, 0.29) is 5.82 Å². The van der Waals surface area contributed by atoms with Crippen molar-refractivity contribution in [1.82, 2.24) is 9.97 Å². The van der Waals surface area contributed by atoms with Crippen LogP contribution in [-0.2, 0) is 11.3 Å². The van der Waals surface area contributed by atoms with Crippen molar-refractivity contribution in [2.45, 2.75) is 20.5 Å². The maximum atomic E-state index is 13.5. The third-order valence-electron chi connectivity index (χ3n) is 2.67. The summed E-state index contributed by atoms with van der Waals surface area (Å²) in [6.45, 7) is 4.46. The first-order chi connectivity index (χ1) is 9.58. The predicted octanol–water partition coefficient (Wildman–Crippen LogP) is 2.79. The van der Waals surface area contributed by atoms with Gasteiger partial charge in [-0.25, -0.2) is 14.4 Å². The molecule has 1 aromatic carbocycles. The van der Waals surface area contributed by atoms with Crippen LogP contribution in [-0.4, -0.2) is 16.6 Å². The van der Waals surface area contributed by atoms with Crippen molar-refractivity contribution in [3.8, 4) is 0 Å². The number of aryl methyl sites for hydroxylation is 1. The van der Waals surface area contributed by atoms with Crippen LogP contribution in [0.5, 0.6) is 0 Å². The highest BCUT2D eigenvalue weighted by Gasteiger charge is 2.05. The van der Waals surface area contributed by atoms with E-state index in [0.717, 1.165) is 0 Å². The lowest BCUT2D eigenvalue weighted by molar-refractivity contribution is 0.128. The molecule has 0 saturated carbocycles. The van der Waals surface area contributed by atoms with E-state index in [4.69, 9.17) is 10.5 Å². The van der Waals surface area contributed by atoms with Gasteiger partial charge >= 0.3 is 0 Å². The topological polar surface area (TPSA) is 73.1 Å². The molecule has 0 spiro atoms. The third kappa shape index (κ3) is 3.64. The fraction of sp³-hybridized carbons (Fsp3) is 0.286. The summed E-state index contributed by atoms with van der Waals surface area (Å²) in [6.07, 6.45) is 0. The van der Waals surface area contributed by atoms with E-state index < -0.39 is 0 Å². The molecule has 3 N–H and O–H groups in total. The van der Waals surface area contributed by atoms with E-state index in [2.05, 4.69) is 15.3 Å². The first-order valence-corrected chi connectivity index (χ1v) is 6.33. The van der Waals surface area contributed by atoms with Crippen LogP contribution in [0, 0.1) is 12.7 Å². The molecule has 0 aliphatic rings. The molecule has 2 rings (SSSR count). The highest BCUT2D eigenvalue weighted by atomic mass is 19.1. The van der Waals surface area contributed by atoms with E-state index in [9.17, 15) is 4.39 Å². The summed E-state index contributed by atoms with van der Waals surface area (Å²) in [5.74, 6) is 1.06. The van der Waals surface area contributed by atoms with E-state index in [1.807, 2.05) is 6.92 Å². The summed E-state index contributed by atoms with van der Waals surface area (Å²) in [5, 5.41) is 3.00. The number of nitrogen functional groups attached to an aromatic ring is 1. The molecule has 0 aliphatic heterocycles. The van der Waals surface area contributed by atoms with Gasteiger partial charge in [0.05, 0.1) is 0 Å². The Hall–Kier alpha value is -2.21. The molecule has 0 bridgehead atoms. The van der Waals surface area contributed by atoms with Gasteiger partial charge in [0, 0.05) is 18.4 Å². The van der Waals surface area contributed by atoms with Crippen LogP contribution in [0.3, 0.4) is 0 Å². The quantitative estimate of drug-likeness (QED) is 0.878. The number of ether oxygens (including phenoxy) is 1. The number of halogens is 1. The number of nitrogens with two attached hydrogens (primary N) is 1. The zero-order chi connectivity index (χ0) is 14.5. The molecular formula is C14H17FN4O. The summed E-state index contributed by atoms with van der Waals surface area (Å²) in [7, 11) is 0. The van der Waals surface area contributed by atoms with Crippen LogP contribution >= 0.6 is 0 Å². The number of aromatic nitrogens is 2. The number of anilines is 3. The van der Waals surface area contributed by atoms with Gasteiger partial charge in [-0.2, -0.15) is 0 Å². The predicted molar refractivity (Wildman–Crippen MR) is 76.2 cm³/mol. The molecule has 2 aromatic rings. The molecule has 5 nitrogen and oxygen atoms in total. The average Bonchev–Trinajstić information content (AvgIpc) is 2.40. The van der Waals surface area contributed by atoms with E-state index >= 15 is 0 Å². The van der Waals surface area contributed by atoms with Gasteiger partial charge in [0.1, 0.15) is 24.1 Å². The molecule has 1 aromatic heterocycles. The van der Waals surface area contributed by atoms with Crippen LogP contribution in [0.15, 0.2) is 24.3 Å². The summed E-state index contributed by atoms with van der Waals surface area (Å²) in [5.41, 5.74) is 6.92. The van der Waals surface area contributed by atoms with Crippen molar-refractivity contribution in [2.24, 2.45) is 0 Å². The van der Waals surface area contributed by atoms with E-state index in [0.29, 0.717) is 41.9 Å². The molecule has 0 atom stereocenters. The summed E-state index contributed by atoms with van der Waals surface area (Å²) in [4.78, 5) is 8.34. The minimum Gasteiger partial charge on any atom is -0.384 e. The van der Waals surface area contributed by atoms with Crippen molar-refractivity contribution in [2.75, 3.05) is 17.7 Å². The molecule has 0 saturated heterocycles. The van der Waals surface area contributed by atoms with Crippen LogP contribution in [0.4, 0.5) is 21.7 Å². The summed E-state index contributed by atoms with van der Waals surface area (Å²) < 4.78 is 18.7. The maximum absolute atomic E-state index is 13.5. The van der Waals surface area contributed by atoms with Crippen molar-refractivity contribution >= 4 is 17.3 Å². The Morgan fingerprint density at radius 3 is 2.80 bits per heavy atom. The number of nitrogens with one attached hydrogen (secondary N) is 1. The van der Waals surface area contributed by atoms with Crippen LogP contribution in [0.2, 0.25) is 0 Å². The number of hydrogen-bond donors (Lipinski definition) is 2. The fourth-order valence-corrected chi connectivity index (χ4v) is 1.66. The number of hydrogen-bond acceptors (Lipinski definition) is 5. The smallest absolute Gasteiger partial charge is 0.158 e. The van der Waals surface area contributed by atoms with Crippen molar-refractivity contribution in [3.05, 3.63) is 41.5 Å². The Labute approximate surface area is 117 Å². The second kappa shape index (κ2) is 6.29. The van der Waals surface area contributed by atoms with Crippen molar-refractivity contribution in [1.29, 1.82) is 0 Å². The Morgan fingerprint density at radius 2 is 2.10 bits per heavy atom. The molecule has 0 unspecified atom stereocenters. The lowest BCUT2D eigenvalue weighted by Crippen LogP contribution is -2.05. The van der Waals surface area contributed by atoms with Gasteiger partial charge in [-0.15, -0.1) is 0 Å².